The van der Waals surface area contributed by atoms with Crippen LogP contribution in [0.3, 0.4) is 0 Å². The van der Waals surface area contributed by atoms with Crippen molar-refractivity contribution < 1.29 is 0 Å². The van der Waals surface area contributed by atoms with Crippen LogP contribution in [0.25, 0.3) is 10.8 Å². The minimum absolute atomic E-state index is 0.906. The molecule has 0 atom stereocenters. The van der Waals surface area contributed by atoms with E-state index < -0.39 is 19.8 Å². The summed E-state index contributed by atoms with van der Waals surface area (Å²) in [6.45, 7) is 0. The van der Waals surface area contributed by atoms with Gasteiger partial charge in [-0.05, 0) is 10.8 Å². The third kappa shape index (κ3) is 5.29. The van der Waals surface area contributed by atoms with Gasteiger partial charge in [0, 0.05) is 0 Å². The topological polar surface area (TPSA) is 0 Å². The Morgan fingerprint density at radius 2 is 0.800 bits per heavy atom. The van der Waals surface area contributed by atoms with Crippen molar-refractivity contribution in [1.82, 2.24) is 0 Å². The summed E-state index contributed by atoms with van der Waals surface area (Å²) in [6, 6.07) is 47.2. The van der Waals surface area contributed by atoms with E-state index in [2.05, 4.69) is 109 Å². The fourth-order valence-corrected chi connectivity index (χ4v) is 11.0. The molecule has 0 fully saturated rings. The Bertz CT molecular complexity index is 1090. The van der Waals surface area contributed by atoms with Crippen molar-refractivity contribution in [1.29, 1.82) is 0 Å². The maximum absolute atomic E-state index is 5.04. The molecule has 0 spiro atoms. The molecule has 0 heterocycles. The normalized spacial score (nSPS) is 10.1. The molecule has 0 amide bonds. The fraction of sp³-hybridized carbons (Fsp3) is 0. The first-order valence-electron chi connectivity index (χ1n) is 10.0. The second-order valence-corrected chi connectivity index (χ2v) is 14.5. The summed E-state index contributed by atoms with van der Waals surface area (Å²) >= 11 is 3.06. The van der Waals surface area contributed by atoms with Gasteiger partial charge < -0.3 is 12.6 Å². The van der Waals surface area contributed by atoms with Crippen LogP contribution < -0.4 is 10.7 Å². The van der Waals surface area contributed by atoms with Crippen LogP contribution in [-0.4, -0.2) is 19.8 Å². The Hall–Kier alpha value is -2.62. The predicted octanol–water partition coefficient (Wildman–Crippen LogP) is 4.95. The minimum atomic E-state index is -1.98. The van der Waals surface area contributed by atoms with Crippen LogP contribution in [-0.2, 0) is 12.6 Å². The second-order valence-electron chi connectivity index (χ2n) is 6.98. The van der Waals surface area contributed by atoms with Crippen molar-refractivity contribution >= 4 is 53.9 Å². The summed E-state index contributed by atoms with van der Waals surface area (Å²) in [7, 11) is 0. The Morgan fingerprint density at radius 1 is 0.400 bits per heavy atom. The standard InChI is InChI=1S/C10H8S.3C6H5.Sn/c11-10-6-5-8-3-1-2-4-9(8)7-10;3*1-2-4-6-5-3-1;/h1-7,11H;3*1-5H;/q;;;;+1/p-1. The number of hydrogen-bond acceptors (Lipinski definition) is 1. The molecular formula is C28H22SSn. The van der Waals surface area contributed by atoms with E-state index in [0.29, 0.717) is 0 Å². The van der Waals surface area contributed by atoms with Gasteiger partial charge in [0.05, 0.1) is 0 Å². The molecule has 5 rings (SSSR count). The maximum atomic E-state index is 5.04. The molecule has 0 radical (unpaired) electrons. The zero-order valence-corrected chi connectivity index (χ0v) is 20.3. The van der Waals surface area contributed by atoms with Crippen molar-refractivity contribution in [2.75, 3.05) is 0 Å². The van der Waals surface area contributed by atoms with Crippen LogP contribution in [0.15, 0.2) is 138 Å². The number of hydrogen-bond donors (Lipinski definition) is 0. The Balaban J connectivity index is 0.000000168. The fourth-order valence-electron chi connectivity index (χ4n) is 3.48. The molecule has 0 aliphatic carbocycles. The second kappa shape index (κ2) is 10.4. The first-order valence-corrected chi connectivity index (χ1v) is 14.7. The van der Waals surface area contributed by atoms with Crippen molar-refractivity contribution in [3.8, 4) is 0 Å². The SMILES string of the molecule is [S-]c1ccc2ccccc2c1.c1cc[c]([Sn+]([c]2ccccc2)[c]2ccccc2)cc1. The van der Waals surface area contributed by atoms with Crippen molar-refractivity contribution in [3.63, 3.8) is 0 Å². The summed E-state index contributed by atoms with van der Waals surface area (Å²) in [5.41, 5.74) is 0. The Labute approximate surface area is 191 Å². The summed E-state index contributed by atoms with van der Waals surface area (Å²) in [5, 5.41) is 2.47. The molecule has 5 aromatic carbocycles. The van der Waals surface area contributed by atoms with Crippen LogP contribution in [0.2, 0.25) is 0 Å². The van der Waals surface area contributed by atoms with Crippen LogP contribution >= 0.6 is 0 Å². The quantitative estimate of drug-likeness (QED) is 0.245. The Kier molecular flexibility index (Phi) is 7.17. The van der Waals surface area contributed by atoms with E-state index >= 15 is 0 Å². The van der Waals surface area contributed by atoms with E-state index in [1.165, 1.54) is 21.5 Å². The molecule has 0 aromatic heterocycles. The average Bonchev–Trinajstić information content (AvgIpc) is 2.82. The molecule has 0 unspecified atom stereocenters. The van der Waals surface area contributed by atoms with E-state index in [4.69, 9.17) is 12.6 Å². The monoisotopic (exact) mass is 510 g/mol. The van der Waals surface area contributed by atoms with Gasteiger partial charge in [-0.3, -0.25) is 0 Å². The molecule has 2 heteroatoms. The molecular weight excluding hydrogens is 487 g/mol. The van der Waals surface area contributed by atoms with Gasteiger partial charge in [0.1, 0.15) is 0 Å². The van der Waals surface area contributed by atoms with E-state index in [0.717, 1.165) is 4.90 Å². The number of rotatable bonds is 3. The molecule has 0 saturated heterocycles. The van der Waals surface area contributed by atoms with Gasteiger partial charge in [-0.2, -0.15) is 4.90 Å². The summed E-state index contributed by atoms with van der Waals surface area (Å²) < 4.78 is 4.59. The van der Waals surface area contributed by atoms with Crippen molar-refractivity contribution in [3.05, 3.63) is 133 Å². The van der Waals surface area contributed by atoms with Crippen molar-refractivity contribution in [2.24, 2.45) is 0 Å². The van der Waals surface area contributed by atoms with Gasteiger partial charge in [0.2, 0.25) is 0 Å². The van der Waals surface area contributed by atoms with E-state index in [-0.39, 0.29) is 0 Å². The van der Waals surface area contributed by atoms with Crippen LogP contribution in [0.1, 0.15) is 0 Å². The molecule has 0 aliphatic rings. The van der Waals surface area contributed by atoms with Crippen LogP contribution in [0, 0.1) is 0 Å². The number of benzene rings is 5. The summed E-state index contributed by atoms with van der Waals surface area (Å²) in [4.78, 5) is 0.906. The average molecular weight is 509 g/mol. The molecule has 0 nitrogen and oxygen atoms in total. The van der Waals surface area contributed by atoms with Gasteiger partial charge in [-0.25, -0.2) is 0 Å². The zero-order valence-electron chi connectivity index (χ0n) is 16.6. The molecule has 5 aromatic rings. The van der Waals surface area contributed by atoms with Crippen molar-refractivity contribution in [2.45, 2.75) is 4.90 Å². The zero-order chi connectivity index (χ0) is 20.6. The first kappa shape index (κ1) is 20.6. The van der Waals surface area contributed by atoms with E-state index in [1.807, 2.05) is 24.3 Å². The third-order valence-electron chi connectivity index (χ3n) is 4.91. The van der Waals surface area contributed by atoms with E-state index in [1.54, 1.807) is 0 Å². The first-order chi connectivity index (χ1) is 14.8. The van der Waals surface area contributed by atoms with Gasteiger partial charge in [-0.15, -0.1) is 0 Å². The molecule has 144 valence electrons. The molecule has 0 aliphatic heterocycles. The van der Waals surface area contributed by atoms with Gasteiger partial charge in [0.15, 0.2) is 0 Å². The molecule has 0 N–H and O–H groups in total. The van der Waals surface area contributed by atoms with Gasteiger partial charge >= 0.3 is 121 Å². The van der Waals surface area contributed by atoms with Crippen LogP contribution in [0.5, 0.6) is 0 Å². The molecule has 0 bridgehead atoms. The summed E-state index contributed by atoms with van der Waals surface area (Å²) in [5.74, 6) is 0. The van der Waals surface area contributed by atoms with Gasteiger partial charge in [-0.1, -0.05) is 42.5 Å². The molecule has 30 heavy (non-hydrogen) atoms. The summed E-state index contributed by atoms with van der Waals surface area (Å²) in [6.07, 6.45) is 0. The van der Waals surface area contributed by atoms with Gasteiger partial charge in [0.25, 0.3) is 0 Å². The third-order valence-corrected chi connectivity index (χ3v) is 13.0. The molecule has 0 saturated carbocycles. The predicted molar refractivity (Wildman–Crippen MR) is 134 cm³/mol. The van der Waals surface area contributed by atoms with E-state index in [9.17, 15) is 0 Å². The number of fused-ring (bicyclic) bond motifs is 1. The Morgan fingerprint density at radius 3 is 1.27 bits per heavy atom. The van der Waals surface area contributed by atoms with Crippen LogP contribution in [0.4, 0.5) is 0 Å².